The zero-order valence-electron chi connectivity index (χ0n) is 14.9. The smallest absolute Gasteiger partial charge is 0.193 e. The van der Waals surface area contributed by atoms with Gasteiger partial charge in [-0.3, -0.25) is 0 Å². The third-order valence-corrected chi connectivity index (χ3v) is 4.08. The zero-order valence-corrected chi connectivity index (χ0v) is 14.9. The SMILES string of the molecule is CC(C)Oc1ccc(NC(N)=NCc2nnc3n2CCCCC3)cc1. The quantitative estimate of drug-likeness (QED) is 0.644. The van der Waals surface area contributed by atoms with Gasteiger partial charge in [0.15, 0.2) is 11.8 Å². The highest BCUT2D eigenvalue weighted by atomic mass is 16.5. The Labute approximate surface area is 148 Å². The van der Waals surface area contributed by atoms with Crippen molar-refractivity contribution in [3.05, 3.63) is 35.9 Å². The Morgan fingerprint density at radius 2 is 2.04 bits per heavy atom. The summed E-state index contributed by atoms with van der Waals surface area (Å²) in [6, 6.07) is 7.66. The minimum atomic E-state index is 0.156. The third-order valence-electron chi connectivity index (χ3n) is 4.08. The number of hydrogen-bond donors (Lipinski definition) is 2. The molecule has 3 rings (SSSR count). The predicted molar refractivity (Wildman–Crippen MR) is 98.7 cm³/mol. The number of benzene rings is 1. The number of anilines is 1. The Balaban J connectivity index is 1.60. The summed E-state index contributed by atoms with van der Waals surface area (Å²) in [5.41, 5.74) is 6.87. The molecule has 3 N–H and O–H groups in total. The van der Waals surface area contributed by atoms with Gasteiger partial charge in [0.1, 0.15) is 18.1 Å². The van der Waals surface area contributed by atoms with Gasteiger partial charge in [0.2, 0.25) is 0 Å². The van der Waals surface area contributed by atoms with Crippen LogP contribution in [-0.4, -0.2) is 26.8 Å². The van der Waals surface area contributed by atoms with E-state index in [-0.39, 0.29) is 6.10 Å². The summed E-state index contributed by atoms with van der Waals surface area (Å²) in [6.45, 7) is 5.40. The molecular formula is C18H26N6O. The van der Waals surface area contributed by atoms with E-state index in [2.05, 4.69) is 25.1 Å². The summed E-state index contributed by atoms with van der Waals surface area (Å²) in [4.78, 5) is 4.40. The van der Waals surface area contributed by atoms with E-state index in [9.17, 15) is 0 Å². The second kappa shape index (κ2) is 8.00. The maximum atomic E-state index is 6.00. The fraction of sp³-hybridized carbons (Fsp3) is 0.500. The molecule has 1 aromatic heterocycles. The monoisotopic (exact) mass is 342 g/mol. The van der Waals surface area contributed by atoms with Crippen molar-refractivity contribution in [1.29, 1.82) is 0 Å². The van der Waals surface area contributed by atoms with Gasteiger partial charge >= 0.3 is 0 Å². The Kier molecular flexibility index (Phi) is 5.53. The first kappa shape index (κ1) is 17.3. The maximum absolute atomic E-state index is 6.00. The molecule has 0 aliphatic carbocycles. The number of aliphatic imine (C=N–C) groups is 1. The molecule has 2 heterocycles. The number of ether oxygens (including phenoxy) is 1. The molecule has 1 aromatic carbocycles. The largest absolute Gasteiger partial charge is 0.491 e. The predicted octanol–water partition coefficient (Wildman–Crippen LogP) is 2.72. The lowest BCUT2D eigenvalue weighted by molar-refractivity contribution is 0.242. The molecule has 1 aliphatic rings. The Hall–Kier alpha value is -2.57. The fourth-order valence-corrected chi connectivity index (χ4v) is 2.89. The lowest BCUT2D eigenvalue weighted by atomic mass is 10.2. The maximum Gasteiger partial charge on any atom is 0.193 e. The van der Waals surface area contributed by atoms with Crippen molar-refractivity contribution >= 4 is 11.6 Å². The summed E-state index contributed by atoms with van der Waals surface area (Å²) in [5, 5.41) is 11.6. The first-order valence-electron chi connectivity index (χ1n) is 8.86. The number of rotatable bonds is 5. The fourth-order valence-electron chi connectivity index (χ4n) is 2.89. The van der Waals surface area contributed by atoms with Crippen molar-refractivity contribution in [3.63, 3.8) is 0 Å². The van der Waals surface area contributed by atoms with Crippen molar-refractivity contribution in [2.45, 2.75) is 58.7 Å². The van der Waals surface area contributed by atoms with Gasteiger partial charge in [-0.05, 0) is 51.0 Å². The number of aromatic nitrogens is 3. The van der Waals surface area contributed by atoms with E-state index >= 15 is 0 Å². The lowest BCUT2D eigenvalue weighted by Gasteiger charge is -2.11. The summed E-state index contributed by atoms with van der Waals surface area (Å²) >= 11 is 0. The van der Waals surface area contributed by atoms with Gasteiger partial charge in [0.05, 0.1) is 6.10 Å². The number of fused-ring (bicyclic) bond motifs is 1. The van der Waals surface area contributed by atoms with E-state index in [1.165, 1.54) is 19.3 Å². The van der Waals surface area contributed by atoms with Gasteiger partial charge in [-0.15, -0.1) is 10.2 Å². The second-order valence-electron chi connectivity index (χ2n) is 6.51. The van der Waals surface area contributed by atoms with Gasteiger partial charge in [0, 0.05) is 18.7 Å². The van der Waals surface area contributed by atoms with Crippen LogP contribution in [0.25, 0.3) is 0 Å². The highest BCUT2D eigenvalue weighted by Crippen LogP contribution is 2.17. The van der Waals surface area contributed by atoms with Gasteiger partial charge in [0.25, 0.3) is 0 Å². The van der Waals surface area contributed by atoms with Crippen LogP contribution in [0, 0.1) is 0 Å². The molecule has 0 bridgehead atoms. The van der Waals surface area contributed by atoms with E-state index in [0.29, 0.717) is 12.5 Å². The summed E-state index contributed by atoms with van der Waals surface area (Å²) < 4.78 is 7.81. The molecule has 7 nitrogen and oxygen atoms in total. The number of hydrogen-bond acceptors (Lipinski definition) is 4. The molecule has 0 saturated heterocycles. The number of guanidine groups is 1. The Morgan fingerprint density at radius 1 is 1.24 bits per heavy atom. The molecule has 25 heavy (non-hydrogen) atoms. The Morgan fingerprint density at radius 3 is 2.80 bits per heavy atom. The number of nitrogens with one attached hydrogen (secondary N) is 1. The van der Waals surface area contributed by atoms with Crippen molar-refractivity contribution in [2.24, 2.45) is 10.7 Å². The lowest BCUT2D eigenvalue weighted by Crippen LogP contribution is -2.23. The van der Waals surface area contributed by atoms with Crippen LogP contribution in [0.2, 0.25) is 0 Å². The zero-order chi connectivity index (χ0) is 17.6. The third kappa shape index (κ3) is 4.71. The number of nitrogens with two attached hydrogens (primary N) is 1. The van der Waals surface area contributed by atoms with Crippen LogP contribution < -0.4 is 15.8 Å². The molecule has 7 heteroatoms. The topological polar surface area (TPSA) is 90.3 Å². The first-order valence-corrected chi connectivity index (χ1v) is 8.86. The standard InChI is InChI=1S/C18H26N6O/c1-13(2)25-15-9-7-14(8-10-15)21-18(19)20-12-17-23-22-16-6-4-3-5-11-24(16)17/h7-10,13H,3-6,11-12H2,1-2H3,(H3,19,20,21). The van der Waals surface area contributed by atoms with Crippen LogP contribution in [0.4, 0.5) is 5.69 Å². The molecule has 0 saturated carbocycles. The first-order chi connectivity index (χ1) is 12.1. The highest BCUT2D eigenvalue weighted by molar-refractivity contribution is 5.92. The molecule has 0 fully saturated rings. The van der Waals surface area contributed by atoms with Crippen molar-refractivity contribution < 1.29 is 4.74 Å². The van der Waals surface area contributed by atoms with Crippen LogP contribution in [0.5, 0.6) is 5.75 Å². The van der Waals surface area contributed by atoms with Gasteiger partial charge < -0.3 is 20.4 Å². The van der Waals surface area contributed by atoms with E-state index in [4.69, 9.17) is 10.5 Å². The second-order valence-corrected chi connectivity index (χ2v) is 6.51. The van der Waals surface area contributed by atoms with Crippen molar-refractivity contribution in [2.75, 3.05) is 5.32 Å². The van der Waals surface area contributed by atoms with Crippen molar-refractivity contribution in [3.8, 4) is 5.75 Å². The van der Waals surface area contributed by atoms with Gasteiger partial charge in [-0.1, -0.05) is 6.42 Å². The molecule has 1 aliphatic heterocycles. The molecular weight excluding hydrogens is 316 g/mol. The van der Waals surface area contributed by atoms with Crippen LogP contribution in [0.1, 0.15) is 44.8 Å². The Bertz CT molecular complexity index is 720. The molecule has 2 aromatic rings. The summed E-state index contributed by atoms with van der Waals surface area (Å²) in [6.07, 6.45) is 4.74. The minimum Gasteiger partial charge on any atom is -0.491 e. The van der Waals surface area contributed by atoms with E-state index in [0.717, 1.165) is 36.1 Å². The average Bonchev–Trinajstić information content (AvgIpc) is 2.81. The van der Waals surface area contributed by atoms with Crippen molar-refractivity contribution in [1.82, 2.24) is 14.8 Å². The number of nitrogens with zero attached hydrogens (tertiary/aromatic N) is 4. The summed E-state index contributed by atoms with van der Waals surface area (Å²) in [7, 11) is 0. The molecule has 0 unspecified atom stereocenters. The van der Waals surface area contributed by atoms with E-state index in [1.807, 2.05) is 38.1 Å². The normalized spacial score (nSPS) is 14.9. The molecule has 134 valence electrons. The van der Waals surface area contributed by atoms with E-state index < -0.39 is 0 Å². The summed E-state index contributed by atoms with van der Waals surface area (Å²) in [5.74, 6) is 3.14. The molecule has 0 radical (unpaired) electrons. The highest BCUT2D eigenvalue weighted by Gasteiger charge is 2.14. The van der Waals surface area contributed by atoms with E-state index in [1.54, 1.807) is 0 Å². The average molecular weight is 342 g/mol. The molecule has 0 amide bonds. The van der Waals surface area contributed by atoms with Crippen LogP contribution in [-0.2, 0) is 19.5 Å². The van der Waals surface area contributed by atoms with Gasteiger partial charge in [-0.2, -0.15) is 0 Å². The number of aryl methyl sites for hydroxylation is 1. The van der Waals surface area contributed by atoms with Crippen LogP contribution >= 0.6 is 0 Å². The molecule has 0 atom stereocenters. The van der Waals surface area contributed by atoms with Crippen LogP contribution in [0.3, 0.4) is 0 Å². The van der Waals surface area contributed by atoms with Gasteiger partial charge in [-0.25, -0.2) is 4.99 Å². The van der Waals surface area contributed by atoms with Crippen LogP contribution in [0.15, 0.2) is 29.3 Å². The molecule has 0 spiro atoms. The minimum absolute atomic E-state index is 0.156.